The summed E-state index contributed by atoms with van der Waals surface area (Å²) in [4.78, 5) is 14.3. The zero-order chi connectivity index (χ0) is 13.6. The SMILES string of the molecule is Cc1ccc(C(=O)N2c3ccc(N)cc3CC2C)o1. The minimum absolute atomic E-state index is 0.0934. The van der Waals surface area contributed by atoms with E-state index in [2.05, 4.69) is 0 Å². The number of amides is 1. The van der Waals surface area contributed by atoms with Crippen LogP contribution < -0.4 is 10.6 Å². The molecule has 19 heavy (non-hydrogen) atoms. The molecule has 1 aromatic heterocycles. The van der Waals surface area contributed by atoms with Crippen LogP contribution in [0.5, 0.6) is 0 Å². The fourth-order valence-corrected chi connectivity index (χ4v) is 2.63. The summed E-state index contributed by atoms with van der Waals surface area (Å²) >= 11 is 0. The van der Waals surface area contributed by atoms with E-state index in [-0.39, 0.29) is 11.9 Å². The quantitative estimate of drug-likeness (QED) is 0.798. The number of benzene rings is 1. The average molecular weight is 256 g/mol. The van der Waals surface area contributed by atoms with E-state index in [1.54, 1.807) is 17.0 Å². The largest absolute Gasteiger partial charge is 0.456 e. The van der Waals surface area contributed by atoms with Crippen LogP contribution in [0.15, 0.2) is 34.7 Å². The number of anilines is 2. The summed E-state index contributed by atoms with van der Waals surface area (Å²) in [7, 11) is 0. The molecule has 0 fully saturated rings. The number of carbonyl (C=O) groups is 1. The molecule has 0 spiro atoms. The van der Waals surface area contributed by atoms with E-state index in [1.807, 2.05) is 32.0 Å². The molecule has 0 saturated carbocycles. The third kappa shape index (κ3) is 1.89. The molecule has 1 atom stereocenters. The number of furan rings is 1. The molecule has 0 bridgehead atoms. The number of hydrogen-bond donors (Lipinski definition) is 1. The predicted octanol–water partition coefficient (Wildman–Crippen LogP) is 2.76. The lowest BCUT2D eigenvalue weighted by atomic mass is 10.1. The monoisotopic (exact) mass is 256 g/mol. The number of nitrogens with two attached hydrogens (primary N) is 1. The summed E-state index contributed by atoms with van der Waals surface area (Å²) in [6, 6.07) is 9.31. The van der Waals surface area contributed by atoms with Crippen LogP contribution in [0.25, 0.3) is 0 Å². The first-order valence-corrected chi connectivity index (χ1v) is 6.34. The first kappa shape index (κ1) is 11.8. The fraction of sp³-hybridized carbons (Fsp3) is 0.267. The van der Waals surface area contributed by atoms with E-state index < -0.39 is 0 Å². The van der Waals surface area contributed by atoms with Crippen molar-refractivity contribution < 1.29 is 9.21 Å². The highest BCUT2D eigenvalue weighted by molar-refractivity contribution is 6.06. The summed E-state index contributed by atoms with van der Waals surface area (Å²) in [6.07, 6.45) is 0.825. The lowest BCUT2D eigenvalue weighted by Gasteiger charge is -2.21. The molecule has 1 unspecified atom stereocenters. The molecule has 4 nitrogen and oxygen atoms in total. The van der Waals surface area contributed by atoms with Crippen molar-refractivity contribution in [3.63, 3.8) is 0 Å². The molecule has 2 N–H and O–H groups in total. The summed E-state index contributed by atoms with van der Waals surface area (Å²) in [5.41, 5.74) is 8.57. The average Bonchev–Trinajstić information content (AvgIpc) is 2.91. The normalized spacial score (nSPS) is 17.6. The van der Waals surface area contributed by atoms with Crippen molar-refractivity contribution in [2.75, 3.05) is 10.6 Å². The zero-order valence-electron chi connectivity index (χ0n) is 11.0. The van der Waals surface area contributed by atoms with Gasteiger partial charge in [-0.05, 0) is 56.2 Å². The molecule has 1 aliphatic heterocycles. The van der Waals surface area contributed by atoms with Gasteiger partial charge in [-0.1, -0.05) is 0 Å². The number of hydrogen-bond acceptors (Lipinski definition) is 3. The molecule has 1 aromatic carbocycles. The summed E-state index contributed by atoms with van der Waals surface area (Å²) in [5, 5.41) is 0. The van der Waals surface area contributed by atoms with E-state index in [0.717, 1.165) is 29.1 Å². The number of carbonyl (C=O) groups excluding carboxylic acids is 1. The molecule has 1 amide bonds. The van der Waals surface area contributed by atoms with Crippen LogP contribution in [-0.4, -0.2) is 11.9 Å². The third-order valence-electron chi connectivity index (χ3n) is 3.49. The summed E-state index contributed by atoms with van der Waals surface area (Å²) < 4.78 is 5.43. The lowest BCUT2D eigenvalue weighted by Crippen LogP contribution is -2.35. The maximum atomic E-state index is 12.5. The van der Waals surface area contributed by atoms with Crippen molar-refractivity contribution in [2.24, 2.45) is 0 Å². The second-order valence-electron chi connectivity index (χ2n) is 5.03. The van der Waals surface area contributed by atoms with E-state index >= 15 is 0 Å². The number of nitrogens with zero attached hydrogens (tertiary/aromatic N) is 1. The number of rotatable bonds is 1. The Labute approximate surface area is 111 Å². The van der Waals surface area contributed by atoms with Gasteiger partial charge in [-0.15, -0.1) is 0 Å². The fourth-order valence-electron chi connectivity index (χ4n) is 2.63. The molecule has 0 radical (unpaired) electrons. The smallest absolute Gasteiger partial charge is 0.294 e. The van der Waals surface area contributed by atoms with Gasteiger partial charge in [0.05, 0.1) is 0 Å². The molecule has 3 rings (SSSR count). The molecule has 4 heteroatoms. The first-order chi connectivity index (χ1) is 9.06. The Morgan fingerprint density at radius 1 is 1.37 bits per heavy atom. The van der Waals surface area contributed by atoms with Crippen molar-refractivity contribution >= 4 is 17.3 Å². The Morgan fingerprint density at radius 3 is 2.84 bits per heavy atom. The van der Waals surface area contributed by atoms with Gasteiger partial charge in [0.1, 0.15) is 5.76 Å². The Hall–Kier alpha value is -2.23. The lowest BCUT2D eigenvalue weighted by molar-refractivity contribution is 0.0953. The Bertz CT molecular complexity index is 645. The molecular weight excluding hydrogens is 240 g/mol. The second-order valence-corrected chi connectivity index (χ2v) is 5.03. The van der Waals surface area contributed by atoms with Crippen molar-refractivity contribution in [1.82, 2.24) is 0 Å². The second kappa shape index (κ2) is 4.16. The Morgan fingerprint density at radius 2 is 2.16 bits per heavy atom. The van der Waals surface area contributed by atoms with Crippen LogP contribution in [-0.2, 0) is 6.42 Å². The summed E-state index contributed by atoms with van der Waals surface area (Å²) in [5.74, 6) is 1.03. The summed E-state index contributed by atoms with van der Waals surface area (Å²) in [6.45, 7) is 3.86. The highest BCUT2D eigenvalue weighted by Gasteiger charge is 2.32. The van der Waals surface area contributed by atoms with Crippen LogP contribution in [0, 0.1) is 6.92 Å². The van der Waals surface area contributed by atoms with Gasteiger partial charge in [0.25, 0.3) is 5.91 Å². The van der Waals surface area contributed by atoms with Gasteiger partial charge < -0.3 is 15.1 Å². The van der Waals surface area contributed by atoms with Crippen molar-refractivity contribution in [1.29, 1.82) is 0 Å². The van der Waals surface area contributed by atoms with Gasteiger partial charge in [-0.3, -0.25) is 4.79 Å². The van der Waals surface area contributed by atoms with E-state index in [0.29, 0.717) is 5.76 Å². The number of nitrogen functional groups attached to an aromatic ring is 1. The van der Waals surface area contributed by atoms with E-state index in [1.165, 1.54) is 0 Å². The molecule has 98 valence electrons. The van der Waals surface area contributed by atoms with Gasteiger partial charge in [0.2, 0.25) is 0 Å². The maximum absolute atomic E-state index is 12.5. The molecule has 0 saturated heterocycles. The molecule has 0 aliphatic carbocycles. The van der Waals surface area contributed by atoms with E-state index in [4.69, 9.17) is 10.2 Å². The Balaban J connectivity index is 2.00. The Kier molecular flexibility index (Phi) is 2.59. The maximum Gasteiger partial charge on any atom is 0.294 e. The van der Waals surface area contributed by atoms with Crippen LogP contribution >= 0.6 is 0 Å². The minimum Gasteiger partial charge on any atom is -0.456 e. The van der Waals surface area contributed by atoms with Crippen molar-refractivity contribution in [3.8, 4) is 0 Å². The molecular formula is C15H16N2O2. The number of aryl methyl sites for hydroxylation is 1. The van der Waals surface area contributed by atoms with Gasteiger partial charge in [-0.2, -0.15) is 0 Å². The molecule has 2 heterocycles. The van der Waals surface area contributed by atoms with Crippen molar-refractivity contribution in [3.05, 3.63) is 47.4 Å². The molecule has 1 aliphatic rings. The van der Waals surface area contributed by atoms with Gasteiger partial charge in [-0.25, -0.2) is 0 Å². The van der Waals surface area contributed by atoms with Crippen LogP contribution in [0.2, 0.25) is 0 Å². The minimum atomic E-state index is -0.0934. The highest BCUT2D eigenvalue weighted by atomic mass is 16.3. The first-order valence-electron chi connectivity index (χ1n) is 6.34. The topological polar surface area (TPSA) is 59.5 Å². The van der Waals surface area contributed by atoms with Crippen LogP contribution in [0.1, 0.15) is 28.8 Å². The van der Waals surface area contributed by atoms with Gasteiger partial charge >= 0.3 is 0 Å². The van der Waals surface area contributed by atoms with Gasteiger partial charge in [0, 0.05) is 17.4 Å². The van der Waals surface area contributed by atoms with Gasteiger partial charge in [0.15, 0.2) is 5.76 Å². The standard InChI is InChI=1S/C15H16N2O2/c1-9-7-11-8-12(16)4-5-13(11)17(9)15(18)14-6-3-10(2)19-14/h3-6,8-9H,7,16H2,1-2H3. The van der Waals surface area contributed by atoms with Crippen molar-refractivity contribution in [2.45, 2.75) is 26.3 Å². The van der Waals surface area contributed by atoms with Crippen LogP contribution in [0.3, 0.4) is 0 Å². The third-order valence-corrected chi connectivity index (χ3v) is 3.49. The molecule has 2 aromatic rings. The number of fused-ring (bicyclic) bond motifs is 1. The predicted molar refractivity (Wildman–Crippen MR) is 74.3 cm³/mol. The zero-order valence-corrected chi connectivity index (χ0v) is 11.0. The van der Waals surface area contributed by atoms with Crippen LogP contribution in [0.4, 0.5) is 11.4 Å². The highest BCUT2D eigenvalue weighted by Crippen LogP contribution is 2.34. The van der Waals surface area contributed by atoms with E-state index in [9.17, 15) is 4.79 Å².